The molecule has 2 unspecified atom stereocenters. The van der Waals surface area contributed by atoms with Crippen LogP contribution in [-0.4, -0.2) is 17.5 Å². The van der Waals surface area contributed by atoms with Crippen LogP contribution < -0.4 is 5.32 Å². The van der Waals surface area contributed by atoms with Crippen molar-refractivity contribution in [1.29, 1.82) is 0 Å². The van der Waals surface area contributed by atoms with E-state index in [1.807, 2.05) is 0 Å². The molecule has 9 heavy (non-hydrogen) atoms. The highest BCUT2D eigenvalue weighted by Crippen LogP contribution is 2.36. The van der Waals surface area contributed by atoms with Gasteiger partial charge < -0.3 is 5.32 Å². The fourth-order valence-electron chi connectivity index (χ4n) is 1.61. The molecule has 2 saturated heterocycles. The Morgan fingerprint density at radius 3 is 3.33 bits per heavy atom. The van der Waals surface area contributed by atoms with E-state index >= 15 is 0 Å². The fraction of sp³-hybridized carbons (Fsp3) is 0.857. The van der Waals surface area contributed by atoms with Gasteiger partial charge >= 0.3 is 0 Å². The molecule has 1 nitrogen and oxygen atoms in total. The van der Waals surface area contributed by atoms with Crippen molar-refractivity contribution in [2.45, 2.75) is 18.1 Å². The van der Waals surface area contributed by atoms with E-state index in [9.17, 15) is 0 Å². The van der Waals surface area contributed by atoms with Crippen molar-refractivity contribution in [3.8, 4) is 0 Å². The second-order valence-corrected chi connectivity index (χ2v) is 4.12. The zero-order chi connectivity index (χ0) is 6.10. The van der Waals surface area contributed by atoms with E-state index in [4.69, 9.17) is 0 Å². The normalized spacial score (nSPS) is 42.7. The van der Waals surface area contributed by atoms with Crippen LogP contribution in [-0.2, 0) is 0 Å². The summed E-state index contributed by atoms with van der Waals surface area (Å²) >= 11 is 2.16. The van der Waals surface area contributed by atoms with Crippen molar-refractivity contribution >= 4 is 11.8 Å². The largest absolute Gasteiger partial charge is 0.312 e. The van der Waals surface area contributed by atoms with Crippen LogP contribution in [0, 0.1) is 12.5 Å². The Labute approximate surface area is 60.6 Å². The number of rotatable bonds is 0. The molecule has 2 aliphatic rings. The van der Waals surface area contributed by atoms with E-state index < -0.39 is 0 Å². The molecule has 2 aliphatic heterocycles. The number of piperidine rings is 1. The predicted octanol–water partition coefficient (Wildman–Crippen LogP) is 1.26. The van der Waals surface area contributed by atoms with Crippen LogP contribution in [0.15, 0.2) is 0 Å². The third-order valence-electron chi connectivity index (χ3n) is 2.17. The molecule has 2 heterocycles. The zero-order valence-corrected chi connectivity index (χ0v) is 6.29. The second kappa shape index (κ2) is 2.51. The average molecular weight is 142 g/mol. The SMILES string of the molecule is [CH]1NCCC2SCCC12. The van der Waals surface area contributed by atoms with E-state index in [1.54, 1.807) is 0 Å². The minimum atomic E-state index is 0.892. The Bertz CT molecular complexity index is 93.1. The molecule has 1 N–H and O–H groups in total. The second-order valence-electron chi connectivity index (χ2n) is 2.77. The molecule has 0 aliphatic carbocycles. The summed E-state index contributed by atoms with van der Waals surface area (Å²) in [6.45, 7) is 3.50. The smallest absolute Gasteiger partial charge is 0.0263 e. The highest BCUT2D eigenvalue weighted by molar-refractivity contribution is 8.00. The van der Waals surface area contributed by atoms with Gasteiger partial charge in [0.2, 0.25) is 0 Å². The van der Waals surface area contributed by atoms with Crippen LogP contribution in [0.25, 0.3) is 0 Å². The molecule has 0 aromatic heterocycles. The van der Waals surface area contributed by atoms with E-state index in [-0.39, 0.29) is 0 Å². The van der Waals surface area contributed by atoms with Crippen molar-refractivity contribution in [1.82, 2.24) is 5.32 Å². The molecule has 2 atom stereocenters. The lowest BCUT2D eigenvalue weighted by molar-refractivity contribution is 0.458. The van der Waals surface area contributed by atoms with Gasteiger partial charge in [-0.3, -0.25) is 0 Å². The maximum atomic E-state index is 3.32. The summed E-state index contributed by atoms with van der Waals surface area (Å²) in [5.41, 5.74) is 0. The Kier molecular flexibility index (Phi) is 1.68. The van der Waals surface area contributed by atoms with Crippen LogP contribution in [0.5, 0.6) is 0 Å². The molecule has 1 radical (unpaired) electrons. The Morgan fingerprint density at radius 1 is 1.44 bits per heavy atom. The lowest BCUT2D eigenvalue weighted by atomic mass is 9.97. The quantitative estimate of drug-likeness (QED) is 0.546. The number of nitrogens with one attached hydrogen (secondary N) is 1. The Hall–Kier alpha value is 0.310. The number of thioether (sulfide) groups is 1. The summed E-state index contributed by atoms with van der Waals surface area (Å²) in [7, 11) is 0. The van der Waals surface area contributed by atoms with Crippen LogP contribution >= 0.6 is 11.8 Å². The van der Waals surface area contributed by atoms with Gasteiger partial charge in [-0.1, -0.05) is 0 Å². The van der Waals surface area contributed by atoms with Gasteiger partial charge in [0.15, 0.2) is 0 Å². The summed E-state index contributed by atoms with van der Waals surface area (Å²) in [5, 5.41) is 4.28. The first-order valence-electron chi connectivity index (χ1n) is 3.65. The summed E-state index contributed by atoms with van der Waals surface area (Å²) < 4.78 is 0. The minimum Gasteiger partial charge on any atom is -0.312 e. The molecule has 0 bridgehead atoms. The van der Waals surface area contributed by atoms with Gasteiger partial charge in [0.05, 0.1) is 0 Å². The molecule has 51 valence electrons. The number of fused-ring (bicyclic) bond motifs is 1. The summed E-state index contributed by atoms with van der Waals surface area (Å²) in [5.74, 6) is 2.27. The predicted molar refractivity (Wildman–Crippen MR) is 41.3 cm³/mol. The topological polar surface area (TPSA) is 12.0 Å². The summed E-state index contributed by atoms with van der Waals surface area (Å²) in [6.07, 6.45) is 2.79. The molecule has 2 rings (SSSR count). The van der Waals surface area contributed by atoms with Gasteiger partial charge in [0.1, 0.15) is 0 Å². The van der Waals surface area contributed by atoms with E-state index in [0.717, 1.165) is 11.2 Å². The van der Waals surface area contributed by atoms with Crippen LogP contribution in [0.4, 0.5) is 0 Å². The first-order valence-corrected chi connectivity index (χ1v) is 4.70. The molecule has 2 heteroatoms. The van der Waals surface area contributed by atoms with Crippen LogP contribution in [0.1, 0.15) is 12.8 Å². The lowest BCUT2D eigenvalue weighted by Gasteiger charge is -2.24. The Morgan fingerprint density at radius 2 is 2.44 bits per heavy atom. The van der Waals surface area contributed by atoms with Crippen molar-refractivity contribution in [3.05, 3.63) is 6.54 Å². The lowest BCUT2D eigenvalue weighted by Crippen LogP contribution is -2.31. The number of hydrogen-bond donors (Lipinski definition) is 1. The monoisotopic (exact) mass is 142 g/mol. The maximum Gasteiger partial charge on any atom is 0.0263 e. The first-order chi connectivity index (χ1) is 4.47. The fourth-order valence-corrected chi connectivity index (χ4v) is 3.07. The maximum absolute atomic E-state index is 3.32. The van der Waals surface area contributed by atoms with E-state index in [0.29, 0.717) is 0 Å². The zero-order valence-electron chi connectivity index (χ0n) is 5.47. The van der Waals surface area contributed by atoms with Crippen molar-refractivity contribution in [2.75, 3.05) is 12.3 Å². The van der Waals surface area contributed by atoms with Crippen molar-refractivity contribution in [2.24, 2.45) is 5.92 Å². The molecule has 0 saturated carbocycles. The molecule has 0 aromatic carbocycles. The van der Waals surface area contributed by atoms with E-state index in [2.05, 4.69) is 23.6 Å². The molecule has 0 amide bonds. The van der Waals surface area contributed by atoms with Gasteiger partial charge in [-0.25, -0.2) is 0 Å². The minimum absolute atomic E-state index is 0.892. The molecular formula is C7H12NS. The molecule has 0 aromatic rings. The van der Waals surface area contributed by atoms with Crippen LogP contribution in [0.2, 0.25) is 0 Å². The van der Waals surface area contributed by atoms with Crippen molar-refractivity contribution < 1.29 is 0 Å². The van der Waals surface area contributed by atoms with Gasteiger partial charge in [-0.2, -0.15) is 11.8 Å². The highest BCUT2D eigenvalue weighted by Gasteiger charge is 2.29. The van der Waals surface area contributed by atoms with Crippen LogP contribution in [0.3, 0.4) is 0 Å². The molecular weight excluding hydrogens is 130 g/mol. The average Bonchev–Trinajstić information content (AvgIpc) is 2.33. The van der Waals surface area contributed by atoms with Gasteiger partial charge in [-0.05, 0) is 31.1 Å². The third kappa shape index (κ3) is 1.10. The van der Waals surface area contributed by atoms with E-state index in [1.165, 1.54) is 25.1 Å². The molecule has 2 fully saturated rings. The van der Waals surface area contributed by atoms with Gasteiger partial charge in [0.25, 0.3) is 0 Å². The van der Waals surface area contributed by atoms with Crippen molar-refractivity contribution in [3.63, 3.8) is 0 Å². The highest BCUT2D eigenvalue weighted by atomic mass is 32.2. The Balaban J connectivity index is 1.97. The van der Waals surface area contributed by atoms with Gasteiger partial charge in [0, 0.05) is 11.8 Å². The first kappa shape index (κ1) is 6.05. The molecule has 0 spiro atoms. The third-order valence-corrected chi connectivity index (χ3v) is 3.65. The standard InChI is InChI=1S/C7H12NS/c1-3-8-5-6-2-4-9-7(1)6/h5-8H,1-4H2. The summed E-state index contributed by atoms with van der Waals surface area (Å²) in [6, 6.07) is 0. The van der Waals surface area contributed by atoms with Gasteiger partial charge in [-0.15, -0.1) is 0 Å². The number of hydrogen-bond acceptors (Lipinski definition) is 2. The summed E-state index contributed by atoms with van der Waals surface area (Å²) in [4.78, 5) is 0.